The molecule has 1 aliphatic heterocycles. The molecule has 1 unspecified atom stereocenters. The molecule has 1 N–H and O–H groups in total. The van der Waals surface area contributed by atoms with Crippen molar-refractivity contribution in [3.05, 3.63) is 29.8 Å². The molecule has 1 aromatic carbocycles. The topological polar surface area (TPSA) is 97.4 Å². The van der Waals surface area contributed by atoms with Crippen LogP contribution in [0.2, 0.25) is 0 Å². The second-order valence-electron chi connectivity index (χ2n) is 4.81. The number of hydrogen-bond donors (Lipinski definition) is 1. The summed E-state index contributed by atoms with van der Waals surface area (Å²) >= 11 is 0. The molecule has 1 fully saturated rings. The van der Waals surface area contributed by atoms with Crippen molar-refractivity contribution in [1.82, 2.24) is 5.32 Å². The molecule has 21 heavy (non-hydrogen) atoms. The highest BCUT2D eigenvalue weighted by atomic mass is 35.7. The molecule has 1 atom stereocenters. The summed E-state index contributed by atoms with van der Waals surface area (Å²) in [6, 6.07) is 5.27. The van der Waals surface area contributed by atoms with Crippen molar-refractivity contribution in [2.45, 2.75) is 23.0 Å². The number of rotatable bonds is 4. The van der Waals surface area contributed by atoms with E-state index in [9.17, 15) is 21.6 Å². The first kappa shape index (κ1) is 16.3. The van der Waals surface area contributed by atoms with Crippen LogP contribution < -0.4 is 5.32 Å². The van der Waals surface area contributed by atoms with E-state index in [0.29, 0.717) is 12.8 Å². The number of halogens is 1. The molecule has 0 radical (unpaired) electrons. The molecular formula is C12H14ClNO5S2. The highest BCUT2D eigenvalue weighted by molar-refractivity contribution is 8.13. The van der Waals surface area contributed by atoms with Crippen LogP contribution in [0.3, 0.4) is 0 Å². The Hall–Kier alpha value is -1.12. The SMILES string of the molecule is O=C(NCC1CCCS1(=O)=O)c1cccc(S(=O)(=O)Cl)c1. The van der Waals surface area contributed by atoms with Gasteiger partial charge in [-0.2, -0.15) is 0 Å². The summed E-state index contributed by atoms with van der Waals surface area (Å²) < 4.78 is 45.7. The second-order valence-corrected chi connectivity index (χ2v) is 9.77. The van der Waals surface area contributed by atoms with Crippen LogP contribution in [0.5, 0.6) is 0 Å². The van der Waals surface area contributed by atoms with E-state index in [4.69, 9.17) is 10.7 Å². The average molecular weight is 352 g/mol. The Bertz CT molecular complexity index is 758. The minimum atomic E-state index is -3.91. The van der Waals surface area contributed by atoms with Gasteiger partial charge < -0.3 is 5.32 Å². The summed E-state index contributed by atoms with van der Waals surface area (Å²) in [7, 11) is -1.83. The van der Waals surface area contributed by atoms with E-state index in [1.807, 2.05) is 0 Å². The van der Waals surface area contributed by atoms with Gasteiger partial charge in [0.15, 0.2) is 9.84 Å². The standard InChI is InChI=1S/C12H14ClNO5S2/c13-21(18,19)10-4-1-3-9(7-10)12(15)14-8-11-5-2-6-20(11,16)17/h1,3-4,7,11H,2,5-6,8H2,(H,14,15). The number of nitrogens with one attached hydrogen (secondary N) is 1. The van der Waals surface area contributed by atoms with Gasteiger partial charge in [0.2, 0.25) is 0 Å². The normalized spacial score (nSPS) is 21.1. The fourth-order valence-corrected chi connectivity index (χ4v) is 4.75. The molecule has 0 bridgehead atoms. The Labute approximate surface area is 127 Å². The van der Waals surface area contributed by atoms with Gasteiger partial charge in [-0.15, -0.1) is 0 Å². The predicted octanol–water partition coefficient (Wildman–Crippen LogP) is 0.921. The Kier molecular flexibility index (Phi) is 4.60. The molecule has 0 saturated carbocycles. The van der Waals surface area contributed by atoms with E-state index in [1.165, 1.54) is 18.2 Å². The molecule has 1 amide bonds. The number of carbonyl (C=O) groups is 1. The van der Waals surface area contributed by atoms with E-state index in [2.05, 4.69) is 5.32 Å². The Morgan fingerprint density at radius 2 is 2.10 bits per heavy atom. The van der Waals surface area contributed by atoms with Gasteiger partial charge in [0.25, 0.3) is 15.0 Å². The first-order chi connectivity index (χ1) is 9.70. The minimum absolute atomic E-state index is 0.0268. The lowest BCUT2D eigenvalue weighted by Crippen LogP contribution is -2.34. The molecule has 0 aromatic heterocycles. The van der Waals surface area contributed by atoms with Crippen molar-refractivity contribution < 1.29 is 21.6 Å². The molecule has 6 nitrogen and oxygen atoms in total. The monoisotopic (exact) mass is 351 g/mol. The first-order valence-electron chi connectivity index (χ1n) is 6.25. The van der Waals surface area contributed by atoms with Gasteiger partial charge in [0.05, 0.1) is 15.9 Å². The molecule has 116 valence electrons. The fraction of sp³-hybridized carbons (Fsp3) is 0.417. The second kappa shape index (κ2) is 5.94. The predicted molar refractivity (Wildman–Crippen MR) is 78.6 cm³/mol. The van der Waals surface area contributed by atoms with Crippen LogP contribution in [-0.4, -0.2) is 40.3 Å². The maximum absolute atomic E-state index is 11.9. The van der Waals surface area contributed by atoms with Crippen molar-refractivity contribution in [2.24, 2.45) is 0 Å². The quantitative estimate of drug-likeness (QED) is 0.813. The zero-order chi connectivity index (χ0) is 15.7. The van der Waals surface area contributed by atoms with E-state index in [1.54, 1.807) is 0 Å². The van der Waals surface area contributed by atoms with Crippen LogP contribution in [0, 0.1) is 0 Å². The van der Waals surface area contributed by atoms with Crippen LogP contribution in [-0.2, 0) is 18.9 Å². The molecule has 1 aromatic rings. The van der Waals surface area contributed by atoms with Crippen molar-refractivity contribution >= 4 is 35.5 Å². The summed E-state index contributed by atoms with van der Waals surface area (Å²) in [4.78, 5) is 11.8. The first-order valence-corrected chi connectivity index (χ1v) is 10.3. The van der Waals surface area contributed by atoms with Gasteiger partial charge in [0, 0.05) is 22.8 Å². The van der Waals surface area contributed by atoms with Gasteiger partial charge >= 0.3 is 0 Å². The molecule has 0 spiro atoms. The van der Waals surface area contributed by atoms with Crippen LogP contribution in [0.1, 0.15) is 23.2 Å². The third-order valence-electron chi connectivity index (χ3n) is 3.33. The Morgan fingerprint density at radius 1 is 1.38 bits per heavy atom. The minimum Gasteiger partial charge on any atom is -0.351 e. The number of hydrogen-bond acceptors (Lipinski definition) is 5. The molecule has 9 heteroatoms. The maximum Gasteiger partial charge on any atom is 0.261 e. The zero-order valence-corrected chi connectivity index (χ0v) is 13.3. The lowest BCUT2D eigenvalue weighted by molar-refractivity contribution is 0.0953. The van der Waals surface area contributed by atoms with E-state index in [-0.39, 0.29) is 22.8 Å². The Morgan fingerprint density at radius 3 is 2.67 bits per heavy atom. The summed E-state index contributed by atoms with van der Waals surface area (Å²) in [6.45, 7) is 0.0268. The van der Waals surface area contributed by atoms with E-state index in [0.717, 1.165) is 6.07 Å². The molecule has 2 rings (SSSR count). The summed E-state index contributed by atoms with van der Waals surface area (Å²) in [5, 5.41) is 1.95. The molecule has 0 aliphatic carbocycles. The fourth-order valence-electron chi connectivity index (χ4n) is 2.19. The Balaban J connectivity index is 2.08. The smallest absolute Gasteiger partial charge is 0.261 e. The molecule has 1 aliphatic rings. The summed E-state index contributed by atoms with van der Waals surface area (Å²) in [5.74, 6) is -0.382. The van der Waals surface area contributed by atoms with Gasteiger partial charge in [0.1, 0.15) is 0 Å². The highest BCUT2D eigenvalue weighted by Gasteiger charge is 2.31. The average Bonchev–Trinajstić information content (AvgIpc) is 2.74. The largest absolute Gasteiger partial charge is 0.351 e. The zero-order valence-electron chi connectivity index (χ0n) is 11.0. The summed E-state index contributed by atoms with van der Waals surface area (Å²) in [6.07, 6.45) is 1.13. The van der Waals surface area contributed by atoms with Crippen molar-refractivity contribution in [2.75, 3.05) is 12.3 Å². The lowest BCUT2D eigenvalue weighted by atomic mass is 10.2. The van der Waals surface area contributed by atoms with Crippen LogP contribution in [0.4, 0.5) is 0 Å². The van der Waals surface area contributed by atoms with Crippen LogP contribution in [0.25, 0.3) is 0 Å². The van der Waals surface area contributed by atoms with Gasteiger partial charge in [-0.1, -0.05) is 6.07 Å². The van der Waals surface area contributed by atoms with Gasteiger partial charge in [-0.3, -0.25) is 4.79 Å². The number of carbonyl (C=O) groups excluding carboxylic acids is 1. The molecular weight excluding hydrogens is 338 g/mol. The molecule has 1 heterocycles. The maximum atomic E-state index is 11.9. The third-order valence-corrected chi connectivity index (χ3v) is 6.96. The lowest BCUT2D eigenvalue weighted by Gasteiger charge is -2.11. The third kappa shape index (κ3) is 3.96. The molecule has 1 saturated heterocycles. The number of sulfone groups is 1. The van der Waals surface area contributed by atoms with Crippen molar-refractivity contribution in [3.8, 4) is 0 Å². The van der Waals surface area contributed by atoms with Gasteiger partial charge in [-0.25, -0.2) is 16.8 Å². The van der Waals surface area contributed by atoms with E-state index >= 15 is 0 Å². The summed E-state index contributed by atoms with van der Waals surface area (Å²) in [5.41, 5.74) is 0.118. The number of benzene rings is 1. The van der Waals surface area contributed by atoms with Crippen LogP contribution >= 0.6 is 10.7 Å². The highest BCUT2D eigenvalue weighted by Crippen LogP contribution is 2.19. The van der Waals surface area contributed by atoms with Crippen molar-refractivity contribution in [3.63, 3.8) is 0 Å². The number of amides is 1. The van der Waals surface area contributed by atoms with E-state index < -0.39 is 30.0 Å². The van der Waals surface area contributed by atoms with Crippen molar-refractivity contribution in [1.29, 1.82) is 0 Å². The van der Waals surface area contributed by atoms with Gasteiger partial charge in [-0.05, 0) is 31.0 Å². The van der Waals surface area contributed by atoms with Crippen LogP contribution in [0.15, 0.2) is 29.2 Å².